The van der Waals surface area contributed by atoms with E-state index in [0.717, 1.165) is 12.8 Å². The van der Waals surface area contributed by atoms with Crippen LogP contribution in [0.3, 0.4) is 0 Å². The molecule has 1 radical (unpaired) electrons. The highest BCUT2D eigenvalue weighted by Gasteiger charge is 2.17. The molecule has 0 aromatic carbocycles. The predicted octanol–water partition coefficient (Wildman–Crippen LogP) is 2.12. The Balaban J connectivity index is 2.06. The third-order valence-corrected chi connectivity index (χ3v) is 1.92. The molecule has 0 heterocycles. The van der Waals surface area contributed by atoms with Crippen LogP contribution in [0.2, 0.25) is 0 Å². The summed E-state index contributed by atoms with van der Waals surface area (Å²) in [4.78, 5) is 10.5. The summed E-state index contributed by atoms with van der Waals surface area (Å²) in [5.41, 5.74) is 0. The highest BCUT2D eigenvalue weighted by molar-refractivity contribution is 5.60. The van der Waals surface area contributed by atoms with Crippen LogP contribution in [0.4, 0.5) is 4.79 Å². The van der Waals surface area contributed by atoms with Crippen LogP contribution >= 0.6 is 0 Å². The number of ether oxygens (including phenoxy) is 2. The molecule has 0 aromatic heterocycles. The first-order valence-corrected chi connectivity index (χ1v) is 3.91. The monoisotopic (exact) mass is 157 g/mol. The number of carbonyl (C=O) groups is 1. The van der Waals surface area contributed by atoms with Crippen molar-refractivity contribution >= 4 is 6.16 Å². The topological polar surface area (TPSA) is 35.5 Å². The molecular formula is C8H13O3. The third-order valence-electron chi connectivity index (χ3n) is 1.92. The molecule has 1 aliphatic rings. The second-order valence-electron chi connectivity index (χ2n) is 2.75. The van der Waals surface area contributed by atoms with Gasteiger partial charge in [-0.25, -0.2) is 4.79 Å². The zero-order valence-electron chi connectivity index (χ0n) is 6.71. The van der Waals surface area contributed by atoms with E-state index >= 15 is 0 Å². The van der Waals surface area contributed by atoms with E-state index in [1.54, 1.807) is 6.61 Å². The summed E-state index contributed by atoms with van der Waals surface area (Å²) in [5, 5.41) is 0. The van der Waals surface area contributed by atoms with E-state index in [0.29, 0.717) is 5.92 Å². The fourth-order valence-corrected chi connectivity index (χ4v) is 1.29. The van der Waals surface area contributed by atoms with E-state index in [9.17, 15) is 4.79 Å². The zero-order chi connectivity index (χ0) is 8.10. The lowest BCUT2D eigenvalue weighted by atomic mass is 10.1. The van der Waals surface area contributed by atoms with Gasteiger partial charge in [0.25, 0.3) is 0 Å². The Morgan fingerprint density at radius 2 is 2.09 bits per heavy atom. The third kappa shape index (κ3) is 2.78. The minimum Gasteiger partial charge on any atom is -0.438 e. The Morgan fingerprint density at radius 1 is 1.45 bits per heavy atom. The van der Waals surface area contributed by atoms with Crippen molar-refractivity contribution in [1.82, 2.24) is 0 Å². The van der Waals surface area contributed by atoms with Crippen LogP contribution in [-0.4, -0.2) is 13.3 Å². The number of hydrogen-bond donors (Lipinski definition) is 0. The number of carbonyl (C=O) groups excluding carboxylic acids is 1. The molecule has 0 aromatic rings. The summed E-state index contributed by atoms with van der Waals surface area (Å²) in [6, 6.07) is 0. The lowest BCUT2D eigenvalue weighted by Crippen LogP contribution is -2.06. The van der Waals surface area contributed by atoms with Gasteiger partial charge in [0.2, 0.25) is 0 Å². The first kappa shape index (κ1) is 8.37. The fourth-order valence-electron chi connectivity index (χ4n) is 1.29. The summed E-state index contributed by atoms with van der Waals surface area (Å²) in [7, 11) is 1.31. The van der Waals surface area contributed by atoms with Crippen molar-refractivity contribution < 1.29 is 14.3 Å². The Bertz CT molecular complexity index is 127. The molecule has 63 valence electrons. The molecule has 3 nitrogen and oxygen atoms in total. The van der Waals surface area contributed by atoms with Gasteiger partial charge in [0.05, 0.1) is 7.11 Å². The van der Waals surface area contributed by atoms with E-state index < -0.39 is 6.16 Å². The molecule has 0 unspecified atom stereocenters. The van der Waals surface area contributed by atoms with Crippen LogP contribution in [-0.2, 0) is 9.47 Å². The maximum absolute atomic E-state index is 10.5. The number of methoxy groups -OCH3 is 1. The van der Waals surface area contributed by atoms with Gasteiger partial charge in [-0.1, -0.05) is 12.8 Å². The van der Waals surface area contributed by atoms with Crippen LogP contribution in [0.15, 0.2) is 0 Å². The van der Waals surface area contributed by atoms with E-state index in [2.05, 4.69) is 9.47 Å². The van der Waals surface area contributed by atoms with E-state index in [-0.39, 0.29) is 0 Å². The van der Waals surface area contributed by atoms with Crippen molar-refractivity contribution in [2.24, 2.45) is 5.92 Å². The van der Waals surface area contributed by atoms with E-state index in [1.807, 2.05) is 0 Å². The van der Waals surface area contributed by atoms with Gasteiger partial charge in [-0.15, -0.1) is 0 Å². The normalized spacial score (nSPS) is 18.3. The quantitative estimate of drug-likeness (QED) is 0.576. The average Bonchev–Trinajstić information content (AvgIpc) is 2.52. The van der Waals surface area contributed by atoms with Crippen LogP contribution < -0.4 is 0 Å². The molecule has 0 spiro atoms. The summed E-state index contributed by atoms with van der Waals surface area (Å²) < 4.78 is 9.01. The van der Waals surface area contributed by atoms with E-state index in [1.165, 1.54) is 20.0 Å². The highest BCUT2D eigenvalue weighted by atomic mass is 16.7. The number of rotatable bonds is 2. The first-order chi connectivity index (χ1) is 5.33. The SMILES string of the molecule is COC(=O)O[CH]C1CCCC1. The molecule has 0 aliphatic heterocycles. The van der Waals surface area contributed by atoms with Gasteiger partial charge in [-0.05, 0) is 18.8 Å². The maximum Gasteiger partial charge on any atom is 0.508 e. The smallest absolute Gasteiger partial charge is 0.438 e. The van der Waals surface area contributed by atoms with Crippen molar-refractivity contribution in [3.05, 3.63) is 6.61 Å². The predicted molar refractivity (Wildman–Crippen MR) is 39.7 cm³/mol. The molecule has 0 amide bonds. The van der Waals surface area contributed by atoms with Crippen molar-refractivity contribution in [2.45, 2.75) is 25.7 Å². The first-order valence-electron chi connectivity index (χ1n) is 3.91. The lowest BCUT2D eigenvalue weighted by molar-refractivity contribution is 0.0852. The van der Waals surface area contributed by atoms with Crippen LogP contribution in [0.25, 0.3) is 0 Å². The standard InChI is InChI=1S/C8H13O3/c1-10-8(9)11-6-7-4-2-3-5-7/h6-7H,2-5H2,1H3. The van der Waals surface area contributed by atoms with Gasteiger partial charge in [0.1, 0.15) is 6.61 Å². The Hall–Kier alpha value is -0.730. The van der Waals surface area contributed by atoms with Crippen molar-refractivity contribution in [2.75, 3.05) is 7.11 Å². The van der Waals surface area contributed by atoms with Crippen LogP contribution in [0.5, 0.6) is 0 Å². The molecule has 1 aliphatic carbocycles. The second-order valence-corrected chi connectivity index (χ2v) is 2.75. The van der Waals surface area contributed by atoms with E-state index in [4.69, 9.17) is 0 Å². The van der Waals surface area contributed by atoms with Gasteiger partial charge >= 0.3 is 6.16 Å². The van der Waals surface area contributed by atoms with Gasteiger partial charge in [0.15, 0.2) is 0 Å². The average molecular weight is 157 g/mol. The van der Waals surface area contributed by atoms with Gasteiger partial charge in [-0.2, -0.15) is 0 Å². The number of hydrogen-bond acceptors (Lipinski definition) is 3. The molecule has 1 fully saturated rings. The molecule has 1 saturated carbocycles. The van der Waals surface area contributed by atoms with Crippen LogP contribution in [0.1, 0.15) is 25.7 Å². The largest absolute Gasteiger partial charge is 0.508 e. The Kier molecular flexibility index (Phi) is 3.20. The summed E-state index contributed by atoms with van der Waals surface area (Å²) in [6.45, 7) is 1.60. The fraction of sp³-hybridized carbons (Fsp3) is 0.750. The second kappa shape index (κ2) is 4.21. The molecule has 0 bridgehead atoms. The van der Waals surface area contributed by atoms with Crippen molar-refractivity contribution in [1.29, 1.82) is 0 Å². The molecule has 11 heavy (non-hydrogen) atoms. The molecule has 0 atom stereocenters. The van der Waals surface area contributed by atoms with Crippen LogP contribution in [0, 0.1) is 12.5 Å². The molecule has 3 heteroatoms. The molecule has 1 rings (SSSR count). The van der Waals surface area contributed by atoms with Crippen molar-refractivity contribution in [3.63, 3.8) is 0 Å². The zero-order valence-corrected chi connectivity index (χ0v) is 6.71. The Labute approximate surface area is 66.7 Å². The molecule has 0 N–H and O–H groups in total. The molecule has 0 saturated heterocycles. The minimum atomic E-state index is -0.614. The maximum atomic E-state index is 10.5. The molecular weight excluding hydrogens is 144 g/mol. The minimum absolute atomic E-state index is 0.453. The lowest BCUT2D eigenvalue weighted by Gasteiger charge is -2.06. The highest BCUT2D eigenvalue weighted by Crippen LogP contribution is 2.26. The van der Waals surface area contributed by atoms with Gasteiger partial charge in [0, 0.05) is 0 Å². The van der Waals surface area contributed by atoms with Gasteiger partial charge in [-0.3, -0.25) is 0 Å². The summed E-state index contributed by atoms with van der Waals surface area (Å²) in [5.74, 6) is 0.453. The summed E-state index contributed by atoms with van der Waals surface area (Å²) >= 11 is 0. The van der Waals surface area contributed by atoms with Crippen molar-refractivity contribution in [3.8, 4) is 0 Å². The Morgan fingerprint density at radius 3 is 2.64 bits per heavy atom. The summed E-state index contributed by atoms with van der Waals surface area (Å²) in [6.07, 6.45) is 4.14. The van der Waals surface area contributed by atoms with Gasteiger partial charge < -0.3 is 9.47 Å².